The summed E-state index contributed by atoms with van der Waals surface area (Å²) < 4.78 is 41.9. The van der Waals surface area contributed by atoms with Crippen LogP contribution >= 0.6 is 0 Å². The zero-order valence-corrected chi connectivity index (χ0v) is 17.6. The molecule has 3 heterocycles. The first-order chi connectivity index (χ1) is 15.5. The molecule has 1 aliphatic rings. The molecular weight excluding hydrogens is 443 g/mol. The van der Waals surface area contributed by atoms with Gasteiger partial charge in [-0.05, 0) is 37.7 Å². The lowest BCUT2D eigenvalue weighted by Gasteiger charge is -2.25. The van der Waals surface area contributed by atoms with Gasteiger partial charge in [0.2, 0.25) is 11.7 Å². The molecule has 2 amide bonds. The number of pyridine rings is 2. The van der Waals surface area contributed by atoms with Crippen LogP contribution in [0.15, 0.2) is 36.8 Å². The summed E-state index contributed by atoms with van der Waals surface area (Å²) in [5.74, 6) is -2.24. The minimum Gasteiger partial charge on any atom is -0.468 e. The predicted molar refractivity (Wildman–Crippen MR) is 110 cm³/mol. The lowest BCUT2D eigenvalue weighted by molar-refractivity contribution is -0.154. The number of aryl methyl sites for hydroxylation is 1. The second-order valence-corrected chi connectivity index (χ2v) is 7.27. The van der Waals surface area contributed by atoms with Gasteiger partial charge in [0.1, 0.15) is 5.82 Å². The molecule has 0 saturated heterocycles. The van der Waals surface area contributed by atoms with Gasteiger partial charge in [0, 0.05) is 35.2 Å². The molecule has 0 fully saturated rings. The number of nitrogens with zero attached hydrogens (tertiary/aromatic N) is 3. The highest BCUT2D eigenvalue weighted by Crippen LogP contribution is 2.34. The van der Waals surface area contributed by atoms with Crippen LogP contribution in [-0.2, 0) is 16.1 Å². The van der Waals surface area contributed by atoms with Crippen LogP contribution in [0.2, 0.25) is 0 Å². The van der Waals surface area contributed by atoms with Crippen LogP contribution in [0, 0.1) is 6.92 Å². The normalized spacial score (nSPS) is 14.3. The number of hydrogen-bond acceptors (Lipinski definition) is 7. The third-order valence-corrected chi connectivity index (χ3v) is 4.95. The Bertz CT molecular complexity index is 1130. The van der Waals surface area contributed by atoms with Crippen LogP contribution in [-0.4, -0.2) is 45.2 Å². The molecule has 3 N–H and O–H groups in total. The van der Waals surface area contributed by atoms with Crippen molar-refractivity contribution in [1.82, 2.24) is 14.9 Å². The fraction of sp³-hybridized carbons (Fsp3) is 0.286. The number of ether oxygens (including phenoxy) is 1. The molecule has 0 spiro atoms. The zero-order chi connectivity index (χ0) is 24.3. The molecule has 1 unspecified atom stereocenters. The number of anilines is 1. The van der Waals surface area contributed by atoms with Crippen molar-refractivity contribution >= 4 is 23.4 Å². The number of halogens is 3. The number of ketones is 1. The van der Waals surface area contributed by atoms with Gasteiger partial charge in [-0.1, -0.05) is 0 Å². The Kier molecular flexibility index (Phi) is 6.65. The van der Waals surface area contributed by atoms with Crippen molar-refractivity contribution in [2.75, 3.05) is 11.9 Å². The molecule has 0 aromatic carbocycles. The third-order valence-electron chi connectivity index (χ3n) is 4.95. The quantitative estimate of drug-likeness (QED) is 0.477. The van der Waals surface area contributed by atoms with Gasteiger partial charge >= 0.3 is 6.18 Å². The summed E-state index contributed by atoms with van der Waals surface area (Å²) in [6.45, 7) is 1.92. The van der Waals surface area contributed by atoms with Crippen LogP contribution in [0.4, 0.5) is 19.0 Å². The summed E-state index contributed by atoms with van der Waals surface area (Å²) >= 11 is 0. The van der Waals surface area contributed by atoms with Crippen LogP contribution in [0.1, 0.15) is 40.0 Å². The number of hydrogen-bond donors (Lipinski definition) is 2. The number of aromatic nitrogens is 2. The van der Waals surface area contributed by atoms with Gasteiger partial charge in [0.05, 0.1) is 12.6 Å². The molecule has 0 radical (unpaired) electrons. The van der Waals surface area contributed by atoms with E-state index in [1.54, 1.807) is 19.9 Å². The maximum absolute atomic E-state index is 13.0. The molecule has 0 bridgehead atoms. The summed E-state index contributed by atoms with van der Waals surface area (Å²) in [4.78, 5) is 46.2. The van der Waals surface area contributed by atoms with E-state index in [2.05, 4.69) is 15.3 Å². The molecule has 3 rings (SSSR count). The fourth-order valence-electron chi connectivity index (χ4n) is 3.30. The van der Waals surface area contributed by atoms with E-state index in [4.69, 9.17) is 10.5 Å². The molecule has 174 valence electrons. The smallest absolute Gasteiger partial charge is 0.422 e. The molecular formula is C21H20F3N5O4. The highest BCUT2D eigenvalue weighted by Gasteiger charge is 2.34. The Labute approximate surface area is 186 Å². The number of nitrogens with one attached hydrogen (secondary N) is 1. The number of fused-ring (bicyclic) bond motifs is 1. The summed E-state index contributed by atoms with van der Waals surface area (Å²) in [6, 6.07) is 2.59. The summed E-state index contributed by atoms with van der Waals surface area (Å²) in [6.07, 6.45) is 0.0312. The number of alkyl halides is 3. The predicted octanol–water partition coefficient (Wildman–Crippen LogP) is 2.42. The van der Waals surface area contributed by atoms with Crippen LogP contribution < -0.4 is 15.8 Å². The number of carbonyl (C=O) groups is 3. The summed E-state index contributed by atoms with van der Waals surface area (Å²) in [5.41, 5.74) is 6.82. The number of carbonyl (C=O) groups excluding carboxylic acids is 3. The van der Waals surface area contributed by atoms with E-state index in [-0.39, 0.29) is 24.1 Å². The van der Waals surface area contributed by atoms with E-state index < -0.39 is 30.5 Å². The van der Waals surface area contributed by atoms with Crippen molar-refractivity contribution in [3.8, 4) is 5.88 Å². The number of amides is 2. The van der Waals surface area contributed by atoms with E-state index in [0.29, 0.717) is 22.3 Å². The maximum atomic E-state index is 13.0. The van der Waals surface area contributed by atoms with Crippen LogP contribution in [0.25, 0.3) is 0 Å². The molecule has 0 saturated carbocycles. The van der Waals surface area contributed by atoms with Gasteiger partial charge in [-0.3, -0.25) is 14.4 Å². The molecule has 12 heteroatoms. The van der Waals surface area contributed by atoms with Crippen molar-refractivity contribution in [2.45, 2.75) is 32.6 Å². The number of rotatable bonds is 7. The van der Waals surface area contributed by atoms with E-state index in [1.807, 2.05) is 0 Å². The molecule has 1 atom stereocenters. The first-order valence-electron chi connectivity index (χ1n) is 9.70. The monoisotopic (exact) mass is 463 g/mol. The standard InChI is InChI=1S/C21H20F3N5O4/c1-11-7-13(8-27-19(11)33-10-21(22,23)24)12(2)29-9-15-14(20(29)32)4-6-26-17(15)28-18(31)16(30)3-5-25/h3-8,12H,9-10,25H2,1-2H3,(H,26,28,31)/b5-3-. The van der Waals surface area contributed by atoms with Gasteiger partial charge in [-0.2, -0.15) is 13.2 Å². The Morgan fingerprint density at radius 1 is 1.36 bits per heavy atom. The second kappa shape index (κ2) is 9.27. The van der Waals surface area contributed by atoms with Crippen molar-refractivity contribution in [2.24, 2.45) is 5.73 Å². The second-order valence-electron chi connectivity index (χ2n) is 7.27. The van der Waals surface area contributed by atoms with E-state index in [1.165, 1.54) is 23.4 Å². The molecule has 33 heavy (non-hydrogen) atoms. The van der Waals surface area contributed by atoms with Gasteiger partial charge < -0.3 is 20.7 Å². The van der Waals surface area contributed by atoms with Crippen LogP contribution in [0.3, 0.4) is 0 Å². The summed E-state index contributed by atoms with van der Waals surface area (Å²) in [5, 5.41) is 2.38. The minimum atomic E-state index is -4.49. The van der Waals surface area contributed by atoms with E-state index >= 15 is 0 Å². The Hall–Kier alpha value is -3.96. The Morgan fingerprint density at radius 2 is 2.09 bits per heavy atom. The molecule has 2 aromatic rings. The lowest BCUT2D eigenvalue weighted by atomic mass is 10.1. The van der Waals surface area contributed by atoms with Crippen LogP contribution in [0.5, 0.6) is 5.88 Å². The Balaban J connectivity index is 1.79. The third kappa shape index (κ3) is 5.27. The zero-order valence-electron chi connectivity index (χ0n) is 17.6. The molecule has 0 aliphatic carbocycles. The molecule has 1 aliphatic heterocycles. The SMILES string of the molecule is Cc1cc(C(C)N2Cc3c(ccnc3NC(=O)C(=O)/C=C\N)C2=O)cnc1OCC(F)(F)F. The number of nitrogens with two attached hydrogens (primary N) is 1. The minimum absolute atomic E-state index is 0.0736. The average Bonchev–Trinajstić information content (AvgIpc) is 3.09. The van der Waals surface area contributed by atoms with E-state index in [0.717, 1.165) is 12.3 Å². The maximum Gasteiger partial charge on any atom is 0.422 e. The van der Waals surface area contributed by atoms with E-state index in [9.17, 15) is 27.6 Å². The Morgan fingerprint density at radius 3 is 2.73 bits per heavy atom. The topological polar surface area (TPSA) is 128 Å². The van der Waals surface area contributed by atoms with Gasteiger partial charge in [-0.15, -0.1) is 0 Å². The highest BCUT2D eigenvalue weighted by atomic mass is 19.4. The molecule has 9 nitrogen and oxygen atoms in total. The van der Waals surface area contributed by atoms with Crippen molar-refractivity contribution < 1.29 is 32.3 Å². The first kappa shape index (κ1) is 23.7. The summed E-state index contributed by atoms with van der Waals surface area (Å²) in [7, 11) is 0. The fourth-order valence-corrected chi connectivity index (χ4v) is 3.30. The van der Waals surface area contributed by atoms with Crippen molar-refractivity contribution in [3.63, 3.8) is 0 Å². The first-order valence-corrected chi connectivity index (χ1v) is 9.70. The molecule has 2 aromatic heterocycles. The van der Waals surface area contributed by atoms with Gasteiger partial charge in [-0.25, -0.2) is 9.97 Å². The lowest BCUT2D eigenvalue weighted by Crippen LogP contribution is -2.27. The van der Waals surface area contributed by atoms with Gasteiger partial charge in [0.25, 0.3) is 11.8 Å². The largest absolute Gasteiger partial charge is 0.468 e. The van der Waals surface area contributed by atoms with Gasteiger partial charge in [0.15, 0.2) is 6.61 Å². The highest BCUT2D eigenvalue weighted by molar-refractivity contribution is 6.44. The van der Waals surface area contributed by atoms with Crippen molar-refractivity contribution in [3.05, 3.63) is 59.1 Å². The van der Waals surface area contributed by atoms with Crippen molar-refractivity contribution in [1.29, 1.82) is 0 Å². The average molecular weight is 463 g/mol.